The maximum absolute atomic E-state index is 15.7. The molecule has 0 radical (unpaired) electrons. The summed E-state index contributed by atoms with van der Waals surface area (Å²) in [6.07, 6.45) is -0.554. The first kappa shape index (κ1) is 24.6. The van der Waals surface area contributed by atoms with Gasteiger partial charge in [0.2, 0.25) is 10.0 Å². The number of anilines is 1. The fourth-order valence-corrected chi connectivity index (χ4v) is 6.21. The van der Waals surface area contributed by atoms with Gasteiger partial charge in [0.15, 0.2) is 23.5 Å². The second kappa shape index (κ2) is 9.09. The van der Waals surface area contributed by atoms with Crippen molar-refractivity contribution in [2.75, 3.05) is 31.1 Å². The molecule has 5 rings (SSSR count). The van der Waals surface area contributed by atoms with Gasteiger partial charge in [-0.3, -0.25) is 4.98 Å². The standard InChI is InChI=1S/C22H19F5N4O4S/c23-15-9-17-18(10-16(15)24)29-20(11-28-17)30-6-5-22(19(25)12-30)31(7-8-34-22)36(32,33)14-3-1-13(2-4-14)35-21(26)27/h1-4,9-11,19,21H,5-8,12H2/t19-,22+/m1/s1. The molecule has 2 atom stereocenters. The Morgan fingerprint density at radius 2 is 1.78 bits per heavy atom. The first-order valence-electron chi connectivity index (χ1n) is 10.8. The lowest BCUT2D eigenvalue weighted by molar-refractivity contribution is -0.116. The number of hydrogen-bond acceptors (Lipinski definition) is 7. The number of alkyl halides is 3. The molecule has 36 heavy (non-hydrogen) atoms. The van der Waals surface area contributed by atoms with Gasteiger partial charge in [0.05, 0.1) is 35.3 Å². The van der Waals surface area contributed by atoms with Gasteiger partial charge in [0, 0.05) is 31.6 Å². The van der Waals surface area contributed by atoms with Crippen molar-refractivity contribution in [3.05, 3.63) is 54.2 Å². The molecule has 2 aliphatic heterocycles. The van der Waals surface area contributed by atoms with Crippen molar-refractivity contribution in [3.63, 3.8) is 0 Å². The van der Waals surface area contributed by atoms with Gasteiger partial charge >= 0.3 is 6.61 Å². The summed E-state index contributed by atoms with van der Waals surface area (Å²) < 4.78 is 105. The van der Waals surface area contributed by atoms with E-state index >= 15 is 4.39 Å². The molecule has 2 aliphatic rings. The van der Waals surface area contributed by atoms with Crippen LogP contribution in [0.3, 0.4) is 0 Å². The molecular formula is C22H19F5N4O4S. The van der Waals surface area contributed by atoms with Crippen LogP contribution in [0.2, 0.25) is 0 Å². The molecule has 1 spiro atoms. The Balaban J connectivity index is 1.38. The minimum absolute atomic E-state index is 0.0349. The number of piperidine rings is 1. The van der Waals surface area contributed by atoms with Gasteiger partial charge in [0.25, 0.3) is 0 Å². The largest absolute Gasteiger partial charge is 0.435 e. The molecule has 0 aliphatic carbocycles. The summed E-state index contributed by atoms with van der Waals surface area (Å²) in [7, 11) is -4.24. The molecule has 192 valence electrons. The van der Waals surface area contributed by atoms with E-state index in [4.69, 9.17) is 4.74 Å². The van der Waals surface area contributed by atoms with Crippen molar-refractivity contribution in [3.8, 4) is 5.75 Å². The first-order chi connectivity index (χ1) is 17.1. The van der Waals surface area contributed by atoms with Gasteiger partial charge in [-0.05, 0) is 24.3 Å². The van der Waals surface area contributed by atoms with Crippen LogP contribution < -0.4 is 9.64 Å². The Hall–Kier alpha value is -3.10. The second-order valence-corrected chi connectivity index (χ2v) is 10.1. The molecule has 2 aromatic carbocycles. The van der Waals surface area contributed by atoms with Crippen molar-refractivity contribution < 1.29 is 39.8 Å². The van der Waals surface area contributed by atoms with Crippen LogP contribution in [0.25, 0.3) is 11.0 Å². The summed E-state index contributed by atoms with van der Waals surface area (Å²) in [4.78, 5) is 9.61. The van der Waals surface area contributed by atoms with Gasteiger partial charge in [-0.25, -0.2) is 26.6 Å². The highest BCUT2D eigenvalue weighted by molar-refractivity contribution is 7.89. The molecule has 3 aromatic rings. The van der Waals surface area contributed by atoms with Crippen molar-refractivity contribution >= 4 is 26.9 Å². The van der Waals surface area contributed by atoms with Crippen LogP contribution in [0.4, 0.5) is 27.8 Å². The van der Waals surface area contributed by atoms with Gasteiger partial charge in [-0.1, -0.05) is 0 Å². The van der Waals surface area contributed by atoms with Crippen LogP contribution >= 0.6 is 0 Å². The smallest absolute Gasteiger partial charge is 0.387 e. The van der Waals surface area contributed by atoms with E-state index < -0.39 is 40.2 Å². The number of rotatable bonds is 5. The van der Waals surface area contributed by atoms with E-state index in [-0.39, 0.29) is 60.2 Å². The maximum atomic E-state index is 15.7. The Morgan fingerprint density at radius 3 is 2.44 bits per heavy atom. The average molecular weight is 530 g/mol. The number of ether oxygens (including phenoxy) is 2. The fraction of sp³-hybridized carbons (Fsp3) is 0.364. The van der Waals surface area contributed by atoms with Crippen molar-refractivity contribution in [2.24, 2.45) is 0 Å². The van der Waals surface area contributed by atoms with E-state index in [1.165, 1.54) is 11.1 Å². The van der Waals surface area contributed by atoms with Crippen LogP contribution in [0, 0.1) is 11.6 Å². The van der Waals surface area contributed by atoms with Crippen molar-refractivity contribution in [1.82, 2.24) is 14.3 Å². The average Bonchev–Trinajstić information content (AvgIpc) is 3.27. The first-order valence-corrected chi connectivity index (χ1v) is 12.3. The molecule has 0 saturated carbocycles. The predicted octanol–water partition coefficient (Wildman–Crippen LogP) is 3.48. The monoisotopic (exact) mass is 530 g/mol. The minimum atomic E-state index is -4.24. The Morgan fingerprint density at radius 1 is 1.08 bits per heavy atom. The van der Waals surface area contributed by atoms with Crippen molar-refractivity contribution in [2.45, 2.75) is 29.8 Å². The topological polar surface area (TPSA) is 84.9 Å². The Kier molecular flexibility index (Phi) is 6.21. The summed E-state index contributed by atoms with van der Waals surface area (Å²) in [6, 6.07) is 6.19. The molecule has 0 amide bonds. The number of benzene rings is 2. The molecular weight excluding hydrogens is 511 g/mol. The quantitative estimate of drug-likeness (QED) is 0.467. The number of aromatic nitrogens is 2. The number of nitrogens with zero attached hydrogens (tertiary/aromatic N) is 4. The zero-order valence-corrected chi connectivity index (χ0v) is 19.3. The number of halogens is 5. The summed E-state index contributed by atoms with van der Waals surface area (Å²) in [5, 5.41) is 0. The third-order valence-corrected chi connectivity index (χ3v) is 8.15. The van der Waals surface area contributed by atoms with Crippen LogP contribution in [0.5, 0.6) is 5.75 Å². The number of hydrogen-bond donors (Lipinski definition) is 0. The number of sulfonamides is 1. The fourth-order valence-electron chi connectivity index (χ4n) is 4.49. The third-order valence-electron chi connectivity index (χ3n) is 6.21. The molecule has 8 nitrogen and oxygen atoms in total. The second-order valence-electron chi connectivity index (χ2n) is 8.27. The zero-order valence-electron chi connectivity index (χ0n) is 18.5. The molecule has 3 heterocycles. The molecule has 0 bridgehead atoms. The molecule has 2 fully saturated rings. The molecule has 1 aromatic heterocycles. The molecule has 0 unspecified atom stereocenters. The Labute approximate surface area is 202 Å². The van der Waals surface area contributed by atoms with E-state index in [0.29, 0.717) is 0 Å². The van der Waals surface area contributed by atoms with Crippen molar-refractivity contribution in [1.29, 1.82) is 0 Å². The minimum Gasteiger partial charge on any atom is -0.435 e. The third kappa shape index (κ3) is 4.22. The van der Waals surface area contributed by atoms with Gasteiger partial charge in [0.1, 0.15) is 11.6 Å². The predicted molar refractivity (Wildman–Crippen MR) is 117 cm³/mol. The zero-order chi connectivity index (χ0) is 25.7. The van der Waals surface area contributed by atoms with E-state index in [0.717, 1.165) is 40.7 Å². The highest BCUT2D eigenvalue weighted by Gasteiger charge is 2.57. The van der Waals surface area contributed by atoms with E-state index in [1.54, 1.807) is 0 Å². The SMILES string of the molecule is O=S(=O)(c1ccc(OC(F)F)cc1)N1CCO[C@]12CCN(c1cnc3cc(F)c(F)cc3n1)C[C@H]2F. The maximum Gasteiger partial charge on any atom is 0.387 e. The summed E-state index contributed by atoms with van der Waals surface area (Å²) >= 11 is 0. The van der Waals surface area contributed by atoms with E-state index in [9.17, 15) is 26.0 Å². The lowest BCUT2D eigenvalue weighted by Gasteiger charge is -2.45. The van der Waals surface area contributed by atoms with E-state index in [1.807, 2.05) is 0 Å². The molecule has 0 N–H and O–H groups in total. The lowest BCUT2D eigenvalue weighted by atomic mass is 9.98. The summed E-state index contributed by atoms with van der Waals surface area (Å²) in [6.45, 7) is -3.35. The lowest BCUT2D eigenvalue weighted by Crippen LogP contribution is -2.62. The number of fused-ring (bicyclic) bond motifs is 1. The van der Waals surface area contributed by atoms with Gasteiger partial charge in [-0.2, -0.15) is 13.1 Å². The van der Waals surface area contributed by atoms with Gasteiger partial charge < -0.3 is 14.4 Å². The van der Waals surface area contributed by atoms with Crippen LogP contribution in [-0.4, -0.2) is 67.4 Å². The van der Waals surface area contributed by atoms with Crippen LogP contribution in [0.15, 0.2) is 47.5 Å². The highest BCUT2D eigenvalue weighted by Crippen LogP contribution is 2.41. The summed E-state index contributed by atoms with van der Waals surface area (Å²) in [5.74, 6) is -2.16. The molecule has 2 saturated heterocycles. The van der Waals surface area contributed by atoms with Gasteiger partial charge in [-0.15, -0.1) is 0 Å². The highest BCUT2D eigenvalue weighted by atomic mass is 32.2. The van der Waals surface area contributed by atoms with E-state index in [2.05, 4.69) is 14.7 Å². The summed E-state index contributed by atoms with van der Waals surface area (Å²) in [5.41, 5.74) is -1.56. The Bertz CT molecular complexity index is 1400. The van der Waals surface area contributed by atoms with Crippen LogP contribution in [-0.2, 0) is 14.8 Å². The van der Waals surface area contributed by atoms with Crippen LogP contribution in [0.1, 0.15) is 6.42 Å². The molecule has 14 heteroatoms. The normalized spacial score (nSPS) is 23.2.